The third-order valence-electron chi connectivity index (χ3n) is 4.14. The molecule has 0 unspecified atom stereocenters. The summed E-state index contributed by atoms with van der Waals surface area (Å²) in [4.78, 5) is 37.4. The first-order chi connectivity index (χ1) is 13.8. The minimum absolute atomic E-state index is 0.0289. The Kier molecular flexibility index (Phi) is 6.78. The van der Waals surface area contributed by atoms with Crippen LogP contribution in [0.5, 0.6) is 0 Å². The number of non-ortho nitro benzene ring substituents is 1. The van der Waals surface area contributed by atoms with Crippen molar-refractivity contribution < 1.29 is 19.6 Å². The number of unbranched alkanes of at least 4 members (excludes halogenated alkanes) is 1. The molecule has 3 rings (SSSR count). The second-order valence-electron chi connectivity index (χ2n) is 6.19. The molecule has 7 nitrogen and oxygen atoms in total. The van der Waals surface area contributed by atoms with Gasteiger partial charge in [0.15, 0.2) is 0 Å². The van der Waals surface area contributed by atoms with E-state index in [1.807, 2.05) is 12.1 Å². The van der Waals surface area contributed by atoms with Gasteiger partial charge in [-0.3, -0.25) is 24.6 Å². The largest absolute Gasteiger partial charge is 0.481 e. The lowest BCUT2D eigenvalue weighted by Gasteiger charge is -2.13. The van der Waals surface area contributed by atoms with Crippen LogP contribution in [0.15, 0.2) is 41.3 Å². The molecule has 0 radical (unpaired) electrons. The van der Waals surface area contributed by atoms with Gasteiger partial charge in [-0.2, -0.15) is 0 Å². The van der Waals surface area contributed by atoms with Crippen LogP contribution >= 0.6 is 35.3 Å². The third kappa shape index (κ3) is 5.28. The molecule has 10 heteroatoms. The molecule has 0 bridgehead atoms. The minimum Gasteiger partial charge on any atom is -0.481 e. The van der Waals surface area contributed by atoms with E-state index in [-0.39, 0.29) is 18.0 Å². The second-order valence-corrected chi connectivity index (χ2v) is 8.98. The summed E-state index contributed by atoms with van der Waals surface area (Å²) in [5, 5.41) is 19.6. The van der Waals surface area contributed by atoms with Gasteiger partial charge in [0, 0.05) is 34.9 Å². The van der Waals surface area contributed by atoms with E-state index in [0.717, 1.165) is 15.3 Å². The molecule has 1 aromatic carbocycles. The van der Waals surface area contributed by atoms with Crippen LogP contribution < -0.4 is 0 Å². The topological polar surface area (TPSA) is 101 Å². The Morgan fingerprint density at radius 2 is 2.07 bits per heavy atom. The molecule has 1 aromatic heterocycles. The maximum absolute atomic E-state index is 12.6. The van der Waals surface area contributed by atoms with Crippen molar-refractivity contribution in [3.05, 3.63) is 56.3 Å². The summed E-state index contributed by atoms with van der Waals surface area (Å²) in [7, 11) is 0. The second kappa shape index (κ2) is 9.29. The number of carbonyl (C=O) groups excluding carboxylic acids is 1. The normalized spacial score (nSPS) is 15.3. The Hall–Kier alpha value is -2.56. The van der Waals surface area contributed by atoms with Gasteiger partial charge in [0.25, 0.3) is 11.6 Å². The number of amides is 1. The van der Waals surface area contributed by atoms with E-state index in [9.17, 15) is 19.7 Å². The van der Waals surface area contributed by atoms with Crippen LogP contribution in [0.3, 0.4) is 0 Å². The maximum atomic E-state index is 12.6. The SMILES string of the molecule is O=C(O)CCCCN1C(=O)/C(=C/c2ccc(-c3cccc([N+](=O)[O-])c3)s2)SC1=S. The van der Waals surface area contributed by atoms with E-state index in [2.05, 4.69) is 0 Å². The first kappa shape index (κ1) is 21.2. The van der Waals surface area contributed by atoms with Gasteiger partial charge in [-0.1, -0.05) is 36.1 Å². The number of aliphatic carboxylic acids is 1. The lowest BCUT2D eigenvalue weighted by Crippen LogP contribution is -2.29. The number of nitrogens with zero attached hydrogens (tertiary/aromatic N) is 2. The molecule has 0 spiro atoms. The Balaban J connectivity index is 1.70. The van der Waals surface area contributed by atoms with Gasteiger partial charge in [-0.15, -0.1) is 11.3 Å². The van der Waals surface area contributed by atoms with Gasteiger partial charge in [-0.25, -0.2) is 0 Å². The number of nitro benzene ring substituents is 1. The first-order valence-corrected chi connectivity index (χ1v) is 10.7. The van der Waals surface area contributed by atoms with Crippen LogP contribution in [-0.2, 0) is 9.59 Å². The Morgan fingerprint density at radius 3 is 2.79 bits per heavy atom. The molecule has 1 N–H and O–H groups in total. The number of thiocarbonyl (C=S) groups is 1. The first-order valence-electron chi connectivity index (χ1n) is 8.67. The summed E-state index contributed by atoms with van der Waals surface area (Å²) >= 11 is 7.94. The zero-order valence-electron chi connectivity index (χ0n) is 15.1. The van der Waals surface area contributed by atoms with E-state index in [1.54, 1.807) is 18.2 Å². The van der Waals surface area contributed by atoms with Gasteiger partial charge in [0.2, 0.25) is 0 Å². The zero-order valence-corrected chi connectivity index (χ0v) is 17.5. The van der Waals surface area contributed by atoms with Gasteiger partial charge >= 0.3 is 5.97 Å². The lowest BCUT2D eigenvalue weighted by atomic mass is 10.2. The van der Waals surface area contributed by atoms with Crippen LogP contribution in [-0.4, -0.2) is 37.7 Å². The monoisotopic (exact) mass is 448 g/mol. The summed E-state index contributed by atoms with van der Waals surface area (Å²) < 4.78 is 0.465. The van der Waals surface area contributed by atoms with Crippen molar-refractivity contribution in [1.82, 2.24) is 4.90 Å². The van der Waals surface area contributed by atoms with Gasteiger partial charge in [0.05, 0.1) is 9.83 Å². The molecule has 1 aliphatic rings. The predicted octanol–water partition coefficient (Wildman–Crippen LogP) is 4.78. The molecule has 1 fully saturated rings. The molecule has 2 heterocycles. The van der Waals surface area contributed by atoms with Crippen molar-refractivity contribution in [1.29, 1.82) is 0 Å². The number of carbonyl (C=O) groups is 2. The average Bonchev–Trinajstić information content (AvgIpc) is 3.25. The van der Waals surface area contributed by atoms with Crippen molar-refractivity contribution in [2.24, 2.45) is 0 Å². The minimum atomic E-state index is -0.854. The number of hydrogen-bond acceptors (Lipinski definition) is 7. The maximum Gasteiger partial charge on any atom is 0.303 e. The van der Waals surface area contributed by atoms with E-state index in [4.69, 9.17) is 17.3 Å². The van der Waals surface area contributed by atoms with Crippen LogP contribution in [0.25, 0.3) is 16.5 Å². The van der Waals surface area contributed by atoms with E-state index >= 15 is 0 Å². The molecular formula is C19H16N2O5S3. The molecular weight excluding hydrogens is 432 g/mol. The average molecular weight is 449 g/mol. The smallest absolute Gasteiger partial charge is 0.303 e. The summed E-state index contributed by atoms with van der Waals surface area (Å²) in [5.74, 6) is -1.03. The summed E-state index contributed by atoms with van der Waals surface area (Å²) in [5.41, 5.74) is 0.774. The van der Waals surface area contributed by atoms with E-state index < -0.39 is 10.9 Å². The van der Waals surface area contributed by atoms with Crippen molar-refractivity contribution >= 4 is 63.3 Å². The van der Waals surface area contributed by atoms with Crippen LogP contribution in [0.4, 0.5) is 5.69 Å². The number of benzene rings is 1. The Morgan fingerprint density at radius 1 is 1.28 bits per heavy atom. The fourth-order valence-electron chi connectivity index (χ4n) is 2.73. The molecule has 0 aliphatic carbocycles. The van der Waals surface area contributed by atoms with Crippen molar-refractivity contribution in [2.75, 3.05) is 6.54 Å². The van der Waals surface area contributed by atoms with E-state index in [0.29, 0.717) is 28.6 Å². The molecule has 0 saturated carbocycles. The molecule has 2 aromatic rings. The standard InChI is InChI=1S/C19H16N2O5S3/c22-17(23)6-1-2-9-20-18(24)16(29-19(20)27)11-14-7-8-15(28-14)12-4-3-5-13(10-12)21(25)26/h3-5,7-8,10-11H,1-2,6,9H2,(H,22,23)/b16-11-. The molecule has 1 aliphatic heterocycles. The lowest BCUT2D eigenvalue weighted by molar-refractivity contribution is -0.384. The summed E-state index contributed by atoms with van der Waals surface area (Å²) in [6.45, 7) is 0.401. The summed E-state index contributed by atoms with van der Waals surface area (Å²) in [6.07, 6.45) is 2.90. The number of thiophene rings is 1. The number of nitro groups is 1. The molecule has 0 atom stereocenters. The highest BCUT2D eigenvalue weighted by Gasteiger charge is 2.31. The predicted molar refractivity (Wildman–Crippen MR) is 118 cm³/mol. The number of carboxylic acids is 1. The highest BCUT2D eigenvalue weighted by Crippen LogP contribution is 2.36. The Bertz CT molecular complexity index is 1010. The van der Waals surface area contributed by atoms with Gasteiger partial charge < -0.3 is 5.11 Å². The molecule has 150 valence electrons. The highest BCUT2D eigenvalue weighted by atomic mass is 32.2. The van der Waals surface area contributed by atoms with E-state index in [1.165, 1.54) is 40.1 Å². The van der Waals surface area contributed by atoms with Crippen molar-refractivity contribution in [2.45, 2.75) is 19.3 Å². The van der Waals surface area contributed by atoms with Crippen LogP contribution in [0.2, 0.25) is 0 Å². The summed E-state index contributed by atoms with van der Waals surface area (Å²) in [6, 6.07) is 10.1. The number of carboxylic acid groups (broad SMARTS) is 1. The quantitative estimate of drug-likeness (QED) is 0.204. The van der Waals surface area contributed by atoms with Crippen LogP contribution in [0.1, 0.15) is 24.1 Å². The fraction of sp³-hybridized carbons (Fsp3) is 0.211. The molecule has 1 amide bonds. The van der Waals surface area contributed by atoms with Crippen molar-refractivity contribution in [3.63, 3.8) is 0 Å². The molecule has 29 heavy (non-hydrogen) atoms. The zero-order chi connectivity index (χ0) is 21.0. The third-order valence-corrected chi connectivity index (χ3v) is 6.60. The Labute approximate surface area is 180 Å². The number of thioether (sulfide) groups is 1. The fourth-order valence-corrected chi connectivity index (χ4v) is 5.05. The van der Waals surface area contributed by atoms with Gasteiger partial charge in [-0.05, 0) is 36.6 Å². The highest BCUT2D eigenvalue weighted by molar-refractivity contribution is 8.26. The molecule has 1 saturated heterocycles. The van der Waals surface area contributed by atoms with Crippen molar-refractivity contribution in [3.8, 4) is 10.4 Å². The number of hydrogen-bond donors (Lipinski definition) is 1. The van der Waals surface area contributed by atoms with Gasteiger partial charge in [0.1, 0.15) is 4.32 Å². The number of rotatable bonds is 8. The van der Waals surface area contributed by atoms with Crippen LogP contribution in [0, 0.1) is 10.1 Å².